The van der Waals surface area contributed by atoms with Gasteiger partial charge in [-0.1, -0.05) is 60.4 Å². The van der Waals surface area contributed by atoms with Crippen LogP contribution in [0.3, 0.4) is 0 Å². The van der Waals surface area contributed by atoms with Gasteiger partial charge in [-0.25, -0.2) is 0 Å². The van der Waals surface area contributed by atoms with Gasteiger partial charge in [0.15, 0.2) is 0 Å². The zero-order valence-electron chi connectivity index (χ0n) is 22.1. The van der Waals surface area contributed by atoms with Crippen LogP contribution in [0.2, 0.25) is 0 Å². The topological polar surface area (TPSA) is 26.3 Å². The minimum Gasteiger partial charge on any atom is -0.457 e. The predicted octanol–water partition coefficient (Wildman–Crippen LogP) is 8.42. The molecule has 1 saturated carbocycles. The Morgan fingerprint density at radius 2 is 1.65 bits per heavy atom. The zero-order valence-corrected chi connectivity index (χ0v) is 22.1. The van der Waals surface area contributed by atoms with Crippen molar-refractivity contribution in [1.29, 1.82) is 0 Å². The third-order valence-corrected chi connectivity index (χ3v) is 9.92. The van der Waals surface area contributed by atoms with Crippen LogP contribution < -0.4 is 0 Å². The van der Waals surface area contributed by atoms with Crippen molar-refractivity contribution in [1.82, 2.24) is 0 Å². The number of carbonyl (C=O) groups excluding carboxylic acids is 1. The first-order valence-electron chi connectivity index (χ1n) is 13.9. The van der Waals surface area contributed by atoms with Gasteiger partial charge in [-0.05, 0) is 114 Å². The van der Waals surface area contributed by atoms with E-state index in [-0.39, 0.29) is 28.8 Å². The van der Waals surface area contributed by atoms with Gasteiger partial charge in [-0.15, -0.1) is 0 Å². The summed E-state index contributed by atoms with van der Waals surface area (Å²) in [6.07, 6.45) is 22.9. The van der Waals surface area contributed by atoms with Crippen molar-refractivity contribution in [3.8, 4) is 0 Å². The Bertz CT molecular complexity index is 1000. The van der Waals surface area contributed by atoms with E-state index in [4.69, 9.17) is 4.74 Å². The van der Waals surface area contributed by atoms with Crippen molar-refractivity contribution in [2.24, 2.45) is 28.6 Å². The minimum atomic E-state index is -0.338. The molecule has 0 aromatic heterocycles. The summed E-state index contributed by atoms with van der Waals surface area (Å²) in [6.45, 7) is 11.6. The molecule has 1 heterocycles. The largest absolute Gasteiger partial charge is 0.457 e. The molecule has 0 aromatic carbocycles. The van der Waals surface area contributed by atoms with Crippen LogP contribution in [0.15, 0.2) is 58.2 Å². The molecule has 0 aromatic rings. The maximum Gasteiger partial charge on any atom is 0.313 e. The molecule has 0 amide bonds. The van der Waals surface area contributed by atoms with Gasteiger partial charge in [-0.3, -0.25) is 4.79 Å². The van der Waals surface area contributed by atoms with Crippen LogP contribution in [0.1, 0.15) is 98.8 Å². The van der Waals surface area contributed by atoms with E-state index in [0.29, 0.717) is 11.8 Å². The molecule has 2 fully saturated rings. The number of allylic oxidation sites excluding steroid dienone is 9. The third-order valence-electron chi connectivity index (χ3n) is 9.92. The van der Waals surface area contributed by atoms with Crippen LogP contribution in [-0.2, 0) is 9.53 Å². The van der Waals surface area contributed by atoms with Gasteiger partial charge < -0.3 is 4.74 Å². The fourth-order valence-corrected chi connectivity index (χ4v) is 8.19. The lowest BCUT2D eigenvalue weighted by atomic mass is 9.58. The monoisotopic (exact) mass is 460 g/mol. The number of rotatable bonds is 0. The summed E-state index contributed by atoms with van der Waals surface area (Å²) in [7, 11) is 0. The number of esters is 1. The van der Waals surface area contributed by atoms with E-state index >= 15 is 0 Å². The van der Waals surface area contributed by atoms with E-state index in [9.17, 15) is 4.79 Å². The lowest BCUT2D eigenvalue weighted by molar-refractivity contribution is -0.149. The molecule has 0 N–H and O–H groups in total. The molecule has 184 valence electrons. The molecule has 1 spiro atoms. The molecule has 5 aliphatic rings. The molecule has 6 unspecified atom stereocenters. The second-order valence-electron chi connectivity index (χ2n) is 12.5. The van der Waals surface area contributed by atoms with Crippen molar-refractivity contribution >= 4 is 5.97 Å². The predicted molar refractivity (Wildman–Crippen MR) is 140 cm³/mol. The van der Waals surface area contributed by atoms with Crippen molar-refractivity contribution in [3.63, 3.8) is 0 Å². The quantitative estimate of drug-likeness (QED) is 0.268. The van der Waals surface area contributed by atoms with E-state index in [1.54, 1.807) is 11.1 Å². The van der Waals surface area contributed by atoms with Gasteiger partial charge in [-0.2, -0.15) is 0 Å². The van der Waals surface area contributed by atoms with Crippen molar-refractivity contribution < 1.29 is 9.53 Å². The van der Waals surface area contributed by atoms with Gasteiger partial charge in [0.25, 0.3) is 0 Å². The fourth-order valence-electron chi connectivity index (χ4n) is 8.19. The van der Waals surface area contributed by atoms with E-state index in [1.165, 1.54) is 23.1 Å². The molecule has 2 bridgehead atoms. The molecule has 4 aliphatic carbocycles. The standard InChI is InChI=1S/C32H44O2/c1-21-10-8-12-22(2)16-17-25-28(18-23(3)13-9-11-21)34-30(33)32(25)20-31(5)19-27(32)29-24(4)14-6-7-15-26(29)31/h7,11-12,15,18,24-25,27-28H,6,8-10,13-14,16-17,19-20H2,1-5H3. The summed E-state index contributed by atoms with van der Waals surface area (Å²) in [5, 5.41) is 0. The summed E-state index contributed by atoms with van der Waals surface area (Å²) < 4.78 is 6.34. The molecular formula is C32H44O2. The summed E-state index contributed by atoms with van der Waals surface area (Å²) in [5.41, 5.74) is 7.28. The van der Waals surface area contributed by atoms with E-state index in [0.717, 1.165) is 57.8 Å². The van der Waals surface area contributed by atoms with Crippen LogP contribution >= 0.6 is 0 Å². The number of ether oxygens (including phenoxy) is 1. The highest BCUT2D eigenvalue weighted by molar-refractivity contribution is 5.83. The average Bonchev–Trinajstić information content (AvgIpc) is 3.26. The normalized spacial score (nSPS) is 40.7. The minimum absolute atomic E-state index is 0.0723. The Kier molecular flexibility index (Phi) is 6.32. The summed E-state index contributed by atoms with van der Waals surface area (Å²) in [5.74, 6) is 1.30. The Morgan fingerprint density at radius 3 is 2.41 bits per heavy atom. The van der Waals surface area contributed by atoms with Crippen molar-refractivity contribution in [2.75, 3.05) is 0 Å². The van der Waals surface area contributed by atoms with Crippen molar-refractivity contribution in [3.05, 3.63) is 58.2 Å². The Labute approximate surface area is 207 Å². The van der Waals surface area contributed by atoms with Crippen LogP contribution in [0.5, 0.6) is 0 Å². The van der Waals surface area contributed by atoms with E-state index in [1.807, 2.05) is 0 Å². The van der Waals surface area contributed by atoms with Crippen LogP contribution in [0.4, 0.5) is 0 Å². The molecule has 2 heteroatoms. The molecule has 1 aliphatic heterocycles. The van der Waals surface area contributed by atoms with Gasteiger partial charge in [0.2, 0.25) is 0 Å². The first kappa shape index (κ1) is 23.9. The SMILES string of the molecule is CC1=CCCC(C)=CC2OC(=O)C3(CC4(C)CC3C3=C4C=CCCC3C)C2CCC(C)=CCC1. The van der Waals surface area contributed by atoms with Gasteiger partial charge in [0, 0.05) is 5.92 Å². The van der Waals surface area contributed by atoms with Crippen LogP contribution in [-0.4, -0.2) is 12.1 Å². The average molecular weight is 461 g/mol. The molecular weight excluding hydrogens is 416 g/mol. The molecule has 34 heavy (non-hydrogen) atoms. The third kappa shape index (κ3) is 3.90. The van der Waals surface area contributed by atoms with Crippen LogP contribution in [0, 0.1) is 28.6 Å². The molecule has 1 saturated heterocycles. The second-order valence-corrected chi connectivity index (χ2v) is 12.5. The van der Waals surface area contributed by atoms with Gasteiger partial charge in [0.1, 0.15) is 6.10 Å². The number of hydrogen-bond donors (Lipinski definition) is 0. The lowest BCUT2D eigenvalue weighted by Gasteiger charge is -2.41. The highest BCUT2D eigenvalue weighted by Crippen LogP contribution is 2.72. The number of carbonyl (C=O) groups is 1. The maximum atomic E-state index is 13.9. The number of hydrogen-bond acceptors (Lipinski definition) is 2. The fraction of sp³-hybridized carbons (Fsp3) is 0.656. The Morgan fingerprint density at radius 1 is 0.941 bits per heavy atom. The molecule has 5 rings (SSSR count). The molecule has 6 atom stereocenters. The van der Waals surface area contributed by atoms with Crippen molar-refractivity contribution in [2.45, 2.75) is 105 Å². The first-order chi connectivity index (χ1) is 16.2. The molecule has 0 radical (unpaired) electrons. The number of fused-ring (bicyclic) bond motifs is 7. The zero-order chi connectivity index (χ0) is 24.1. The summed E-state index contributed by atoms with van der Waals surface area (Å²) in [4.78, 5) is 13.9. The molecule has 2 nitrogen and oxygen atoms in total. The summed E-state index contributed by atoms with van der Waals surface area (Å²) >= 11 is 0. The maximum absolute atomic E-state index is 13.9. The van der Waals surface area contributed by atoms with Gasteiger partial charge >= 0.3 is 5.97 Å². The Hall–Kier alpha value is -1.83. The smallest absolute Gasteiger partial charge is 0.313 e. The van der Waals surface area contributed by atoms with E-state index in [2.05, 4.69) is 65.0 Å². The highest BCUT2D eigenvalue weighted by atomic mass is 16.6. The second kappa shape index (κ2) is 8.99. The van der Waals surface area contributed by atoms with E-state index < -0.39 is 0 Å². The Balaban J connectivity index is 1.54. The lowest BCUT2D eigenvalue weighted by Crippen LogP contribution is -2.42. The van der Waals surface area contributed by atoms with Crippen LogP contribution in [0.25, 0.3) is 0 Å². The summed E-state index contributed by atoms with van der Waals surface area (Å²) in [6, 6.07) is 0. The first-order valence-corrected chi connectivity index (χ1v) is 13.9. The highest BCUT2D eigenvalue weighted by Gasteiger charge is 2.70. The van der Waals surface area contributed by atoms with Gasteiger partial charge in [0.05, 0.1) is 5.41 Å².